The van der Waals surface area contributed by atoms with Gasteiger partial charge in [0, 0.05) is 28.5 Å². The molecule has 1 amide bonds. The minimum Gasteiger partial charge on any atom is -0.496 e. The first-order valence-electron chi connectivity index (χ1n) is 7.21. The SMILES string of the molecule is COc1cccc2c1[C@H]1[C@@H](NC2=O)[C@]1(C)c1ccccc1. The molecule has 1 heterocycles. The van der Waals surface area contributed by atoms with Crippen LogP contribution in [-0.4, -0.2) is 19.1 Å². The number of ether oxygens (including phenoxy) is 1. The van der Waals surface area contributed by atoms with Crippen LogP contribution in [0.25, 0.3) is 0 Å². The van der Waals surface area contributed by atoms with Crippen molar-refractivity contribution in [2.24, 2.45) is 0 Å². The molecule has 0 spiro atoms. The molecule has 4 rings (SSSR count). The molecule has 2 aromatic rings. The van der Waals surface area contributed by atoms with E-state index >= 15 is 0 Å². The number of carbonyl (C=O) groups is 1. The van der Waals surface area contributed by atoms with Crippen LogP contribution in [-0.2, 0) is 5.41 Å². The van der Waals surface area contributed by atoms with Gasteiger partial charge in [0.1, 0.15) is 5.75 Å². The summed E-state index contributed by atoms with van der Waals surface area (Å²) >= 11 is 0. The van der Waals surface area contributed by atoms with Crippen molar-refractivity contribution in [3.05, 3.63) is 65.2 Å². The first-order chi connectivity index (χ1) is 10.2. The minimum absolute atomic E-state index is 0.00445. The summed E-state index contributed by atoms with van der Waals surface area (Å²) in [5, 5.41) is 3.16. The first kappa shape index (κ1) is 12.5. The standard InChI is InChI=1S/C18H17NO2/c1-18(11-7-4-3-5-8-11)15-14-12(17(20)19-16(15)18)9-6-10-13(14)21-2/h3-10,15-16H,1-2H3,(H,19,20)/t15-,16+,18+/m0/s1. The van der Waals surface area contributed by atoms with Crippen molar-refractivity contribution < 1.29 is 9.53 Å². The third-order valence-corrected chi connectivity index (χ3v) is 5.04. The second kappa shape index (κ2) is 4.10. The molecule has 2 aliphatic rings. The molecule has 21 heavy (non-hydrogen) atoms. The fourth-order valence-electron chi connectivity index (χ4n) is 3.83. The highest BCUT2D eigenvalue weighted by molar-refractivity contribution is 6.00. The van der Waals surface area contributed by atoms with E-state index in [0.717, 1.165) is 16.9 Å². The smallest absolute Gasteiger partial charge is 0.251 e. The van der Waals surface area contributed by atoms with E-state index in [1.807, 2.05) is 24.3 Å². The number of methoxy groups -OCH3 is 1. The maximum absolute atomic E-state index is 12.3. The fraction of sp³-hybridized carbons (Fsp3) is 0.278. The summed E-state index contributed by atoms with van der Waals surface area (Å²) in [4.78, 5) is 12.3. The van der Waals surface area contributed by atoms with E-state index in [4.69, 9.17) is 4.74 Å². The van der Waals surface area contributed by atoms with Crippen LogP contribution in [0.4, 0.5) is 0 Å². The second-order valence-electron chi connectivity index (χ2n) is 6.00. The van der Waals surface area contributed by atoms with Crippen LogP contribution >= 0.6 is 0 Å². The molecule has 106 valence electrons. The average Bonchev–Trinajstić information content (AvgIpc) is 3.13. The molecule has 1 aliphatic heterocycles. The molecule has 0 radical (unpaired) electrons. The van der Waals surface area contributed by atoms with E-state index in [2.05, 4.69) is 36.5 Å². The van der Waals surface area contributed by atoms with Gasteiger partial charge in [-0.05, 0) is 17.7 Å². The Kier molecular flexibility index (Phi) is 2.43. The molecule has 1 N–H and O–H groups in total. The van der Waals surface area contributed by atoms with Gasteiger partial charge in [0.2, 0.25) is 0 Å². The molecule has 2 aromatic carbocycles. The monoisotopic (exact) mass is 279 g/mol. The lowest BCUT2D eigenvalue weighted by atomic mass is 9.90. The molecule has 3 heteroatoms. The largest absolute Gasteiger partial charge is 0.496 e. The van der Waals surface area contributed by atoms with Crippen LogP contribution in [0.15, 0.2) is 48.5 Å². The van der Waals surface area contributed by atoms with Crippen molar-refractivity contribution in [2.75, 3.05) is 7.11 Å². The van der Waals surface area contributed by atoms with E-state index in [1.165, 1.54) is 5.56 Å². The number of nitrogens with one attached hydrogen (secondary N) is 1. The van der Waals surface area contributed by atoms with Gasteiger partial charge in [0.15, 0.2) is 0 Å². The van der Waals surface area contributed by atoms with Gasteiger partial charge in [-0.3, -0.25) is 4.79 Å². The Labute approximate surface area is 123 Å². The van der Waals surface area contributed by atoms with Gasteiger partial charge in [-0.15, -0.1) is 0 Å². The van der Waals surface area contributed by atoms with Gasteiger partial charge in [0.05, 0.1) is 7.11 Å². The highest BCUT2D eigenvalue weighted by Gasteiger charge is 2.66. The molecule has 3 nitrogen and oxygen atoms in total. The van der Waals surface area contributed by atoms with Gasteiger partial charge < -0.3 is 10.1 Å². The van der Waals surface area contributed by atoms with Gasteiger partial charge in [-0.1, -0.05) is 43.3 Å². The highest BCUT2D eigenvalue weighted by Crippen LogP contribution is 2.63. The number of rotatable bonds is 2. The van der Waals surface area contributed by atoms with E-state index < -0.39 is 0 Å². The van der Waals surface area contributed by atoms with Gasteiger partial charge >= 0.3 is 0 Å². The van der Waals surface area contributed by atoms with E-state index in [1.54, 1.807) is 7.11 Å². The van der Waals surface area contributed by atoms with E-state index in [9.17, 15) is 4.79 Å². The quantitative estimate of drug-likeness (QED) is 0.918. The summed E-state index contributed by atoms with van der Waals surface area (Å²) < 4.78 is 5.51. The summed E-state index contributed by atoms with van der Waals surface area (Å²) in [6.07, 6.45) is 0. The molecule has 1 saturated carbocycles. The zero-order chi connectivity index (χ0) is 14.6. The van der Waals surface area contributed by atoms with Crippen molar-refractivity contribution in [2.45, 2.75) is 24.3 Å². The zero-order valence-electron chi connectivity index (χ0n) is 12.1. The summed E-state index contributed by atoms with van der Waals surface area (Å²) in [6.45, 7) is 2.22. The van der Waals surface area contributed by atoms with Crippen molar-refractivity contribution in [3.63, 3.8) is 0 Å². The molecular formula is C18H17NO2. The topological polar surface area (TPSA) is 38.3 Å². The van der Waals surface area contributed by atoms with Crippen LogP contribution in [0.3, 0.4) is 0 Å². The van der Waals surface area contributed by atoms with E-state index in [0.29, 0.717) is 0 Å². The van der Waals surface area contributed by atoms with Gasteiger partial charge in [-0.25, -0.2) is 0 Å². The normalized spacial score (nSPS) is 29.1. The lowest BCUT2D eigenvalue weighted by molar-refractivity contribution is 0.0941. The predicted molar refractivity (Wildman–Crippen MR) is 80.8 cm³/mol. The van der Waals surface area contributed by atoms with Crippen molar-refractivity contribution in [1.29, 1.82) is 0 Å². The molecule has 1 aliphatic carbocycles. The van der Waals surface area contributed by atoms with Crippen LogP contribution in [0.5, 0.6) is 5.75 Å². The third kappa shape index (κ3) is 1.52. The van der Waals surface area contributed by atoms with Crippen LogP contribution in [0.1, 0.15) is 34.3 Å². The fourth-order valence-corrected chi connectivity index (χ4v) is 3.83. The molecule has 0 bridgehead atoms. The summed E-state index contributed by atoms with van der Waals surface area (Å²) in [6, 6.07) is 16.2. The van der Waals surface area contributed by atoms with Crippen LogP contribution in [0, 0.1) is 0 Å². The van der Waals surface area contributed by atoms with Gasteiger partial charge in [-0.2, -0.15) is 0 Å². The Morgan fingerprint density at radius 2 is 1.86 bits per heavy atom. The number of amides is 1. The molecule has 0 unspecified atom stereocenters. The Bertz CT molecular complexity index is 725. The number of hydrogen-bond donors (Lipinski definition) is 1. The van der Waals surface area contributed by atoms with E-state index in [-0.39, 0.29) is 23.3 Å². The average molecular weight is 279 g/mol. The van der Waals surface area contributed by atoms with Crippen molar-refractivity contribution >= 4 is 5.91 Å². The number of fused-ring (bicyclic) bond motifs is 3. The number of carbonyl (C=O) groups excluding carboxylic acids is 1. The second-order valence-corrected chi connectivity index (χ2v) is 6.00. The predicted octanol–water partition coefficient (Wildman–Crippen LogP) is 2.86. The number of hydrogen-bond acceptors (Lipinski definition) is 2. The summed E-state index contributed by atoms with van der Waals surface area (Å²) in [5.74, 6) is 1.10. The molecule has 3 atom stereocenters. The molecule has 1 fully saturated rings. The molecule has 0 aromatic heterocycles. The highest BCUT2D eigenvalue weighted by atomic mass is 16.5. The Hall–Kier alpha value is -2.29. The lowest BCUT2D eigenvalue weighted by Crippen LogP contribution is -2.33. The van der Waals surface area contributed by atoms with Crippen LogP contribution < -0.4 is 10.1 Å². The van der Waals surface area contributed by atoms with Crippen molar-refractivity contribution in [3.8, 4) is 5.75 Å². The molecular weight excluding hydrogens is 262 g/mol. The maximum atomic E-state index is 12.3. The summed E-state index contributed by atoms with van der Waals surface area (Å²) in [7, 11) is 1.67. The van der Waals surface area contributed by atoms with Crippen molar-refractivity contribution in [1.82, 2.24) is 5.32 Å². The Balaban J connectivity index is 1.88. The van der Waals surface area contributed by atoms with Gasteiger partial charge in [0.25, 0.3) is 5.91 Å². The maximum Gasteiger partial charge on any atom is 0.251 e. The number of benzene rings is 2. The lowest BCUT2D eigenvalue weighted by Gasteiger charge is -2.17. The zero-order valence-corrected chi connectivity index (χ0v) is 12.1. The van der Waals surface area contributed by atoms with Crippen LogP contribution in [0.2, 0.25) is 0 Å². The molecule has 0 saturated heterocycles. The summed E-state index contributed by atoms with van der Waals surface area (Å²) in [5.41, 5.74) is 3.01. The first-order valence-corrected chi connectivity index (χ1v) is 7.21. The Morgan fingerprint density at radius 3 is 2.57 bits per heavy atom. The minimum atomic E-state index is -0.0587. The Morgan fingerprint density at radius 1 is 1.10 bits per heavy atom. The third-order valence-electron chi connectivity index (χ3n) is 5.04.